The predicted molar refractivity (Wildman–Crippen MR) is 76.5 cm³/mol. The number of rotatable bonds is 5. The van der Waals surface area contributed by atoms with E-state index in [1.54, 1.807) is 24.4 Å². The molecule has 2 rings (SSSR count). The van der Waals surface area contributed by atoms with Gasteiger partial charge in [-0.15, -0.1) is 0 Å². The van der Waals surface area contributed by atoms with E-state index in [9.17, 15) is 9.18 Å². The summed E-state index contributed by atoms with van der Waals surface area (Å²) in [5.41, 5.74) is 1.72. The van der Waals surface area contributed by atoms with Gasteiger partial charge in [0.1, 0.15) is 5.82 Å². The number of carbonyl (C=O) groups is 1. The van der Waals surface area contributed by atoms with E-state index in [1.807, 2.05) is 6.92 Å². The van der Waals surface area contributed by atoms with E-state index in [0.29, 0.717) is 23.5 Å². The minimum atomic E-state index is -0.320. The Balaban J connectivity index is 2.11. The lowest BCUT2D eigenvalue weighted by Gasteiger charge is -2.08. The Hall–Kier alpha value is -2.43. The van der Waals surface area contributed by atoms with Gasteiger partial charge >= 0.3 is 0 Å². The van der Waals surface area contributed by atoms with Crippen molar-refractivity contribution in [2.75, 3.05) is 11.9 Å². The second-order valence-corrected chi connectivity index (χ2v) is 4.35. The maximum atomic E-state index is 13.1. The molecule has 4 nitrogen and oxygen atoms in total. The first kappa shape index (κ1) is 14.0. The van der Waals surface area contributed by atoms with Gasteiger partial charge in [-0.25, -0.2) is 4.39 Å². The number of nitrogens with zero attached hydrogens (tertiary/aromatic N) is 1. The van der Waals surface area contributed by atoms with Crippen LogP contribution in [0.1, 0.15) is 23.7 Å². The summed E-state index contributed by atoms with van der Waals surface area (Å²) in [6, 6.07) is 7.79. The van der Waals surface area contributed by atoms with Gasteiger partial charge in [-0.2, -0.15) is 0 Å². The fraction of sp³-hybridized carbons (Fsp3) is 0.200. The third-order valence-corrected chi connectivity index (χ3v) is 2.65. The van der Waals surface area contributed by atoms with Gasteiger partial charge in [0.15, 0.2) is 0 Å². The number of carbonyl (C=O) groups excluding carboxylic acids is 1. The molecule has 1 amide bonds. The summed E-state index contributed by atoms with van der Waals surface area (Å²) in [6.45, 7) is 2.61. The van der Waals surface area contributed by atoms with Crippen LogP contribution < -0.4 is 10.6 Å². The normalized spacial score (nSPS) is 10.1. The lowest BCUT2D eigenvalue weighted by atomic mass is 10.2. The molecule has 0 saturated carbocycles. The van der Waals surface area contributed by atoms with Crippen molar-refractivity contribution in [2.45, 2.75) is 13.3 Å². The topological polar surface area (TPSA) is 54.0 Å². The number of hydrogen-bond donors (Lipinski definition) is 2. The molecule has 1 heterocycles. The number of pyridine rings is 1. The molecule has 0 aliphatic carbocycles. The van der Waals surface area contributed by atoms with Gasteiger partial charge < -0.3 is 10.6 Å². The number of aromatic nitrogens is 1. The minimum absolute atomic E-state index is 0.165. The molecular formula is C15H16FN3O. The number of halogens is 1. The van der Waals surface area contributed by atoms with E-state index in [-0.39, 0.29) is 11.7 Å². The van der Waals surface area contributed by atoms with Crippen molar-refractivity contribution in [1.29, 1.82) is 0 Å². The van der Waals surface area contributed by atoms with Gasteiger partial charge in [0.05, 0.1) is 17.4 Å². The van der Waals surface area contributed by atoms with Crippen LogP contribution >= 0.6 is 0 Å². The van der Waals surface area contributed by atoms with Crippen LogP contribution in [0.4, 0.5) is 15.8 Å². The standard InChI is InChI=1S/C15H16FN3O/c1-2-6-18-15(20)11-7-14(10-17-9-11)19-13-5-3-4-12(16)8-13/h3-5,7-10,19H,2,6H2,1H3,(H,18,20). The fourth-order valence-corrected chi connectivity index (χ4v) is 1.71. The molecule has 20 heavy (non-hydrogen) atoms. The van der Waals surface area contributed by atoms with Crippen LogP contribution in [-0.2, 0) is 0 Å². The molecule has 1 aromatic heterocycles. The Labute approximate surface area is 117 Å². The van der Waals surface area contributed by atoms with Crippen LogP contribution in [0.2, 0.25) is 0 Å². The summed E-state index contributed by atoms with van der Waals surface area (Å²) in [4.78, 5) is 15.8. The zero-order valence-corrected chi connectivity index (χ0v) is 11.2. The smallest absolute Gasteiger partial charge is 0.252 e. The average Bonchev–Trinajstić information content (AvgIpc) is 2.45. The van der Waals surface area contributed by atoms with Crippen molar-refractivity contribution < 1.29 is 9.18 Å². The number of benzene rings is 1. The highest BCUT2D eigenvalue weighted by Gasteiger charge is 2.06. The Bertz CT molecular complexity index is 601. The number of amides is 1. The molecule has 2 aromatic rings. The maximum Gasteiger partial charge on any atom is 0.252 e. The van der Waals surface area contributed by atoms with E-state index < -0.39 is 0 Å². The van der Waals surface area contributed by atoms with E-state index >= 15 is 0 Å². The van der Waals surface area contributed by atoms with Crippen molar-refractivity contribution >= 4 is 17.3 Å². The van der Waals surface area contributed by atoms with Crippen LogP contribution in [0.15, 0.2) is 42.7 Å². The summed E-state index contributed by atoms with van der Waals surface area (Å²) in [7, 11) is 0. The average molecular weight is 273 g/mol. The molecule has 0 aliphatic heterocycles. The molecule has 0 aliphatic rings. The fourth-order valence-electron chi connectivity index (χ4n) is 1.71. The molecule has 1 aromatic carbocycles. The summed E-state index contributed by atoms with van der Waals surface area (Å²) < 4.78 is 13.1. The monoisotopic (exact) mass is 273 g/mol. The molecule has 104 valence electrons. The van der Waals surface area contributed by atoms with Gasteiger partial charge in [-0.3, -0.25) is 9.78 Å². The van der Waals surface area contributed by atoms with Gasteiger partial charge in [0.2, 0.25) is 0 Å². The lowest BCUT2D eigenvalue weighted by Crippen LogP contribution is -2.24. The Morgan fingerprint density at radius 1 is 1.25 bits per heavy atom. The third kappa shape index (κ3) is 3.78. The van der Waals surface area contributed by atoms with Crippen LogP contribution in [0.3, 0.4) is 0 Å². The molecule has 0 radical (unpaired) electrons. The predicted octanol–water partition coefficient (Wildman–Crippen LogP) is 3.10. The highest BCUT2D eigenvalue weighted by atomic mass is 19.1. The Morgan fingerprint density at radius 3 is 2.85 bits per heavy atom. The van der Waals surface area contributed by atoms with E-state index in [2.05, 4.69) is 15.6 Å². The van der Waals surface area contributed by atoms with Gasteiger partial charge in [0.25, 0.3) is 5.91 Å². The molecule has 0 bridgehead atoms. The summed E-state index contributed by atoms with van der Waals surface area (Å²) in [6.07, 6.45) is 3.96. The van der Waals surface area contributed by atoms with Gasteiger partial charge in [-0.05, 0) is 30.7 Å². The molecular weight excluding hydrogens is 257 g/mol. The van der Waals surface area contributed by atoms with Gasteiger partial charge in [0, 0.05) is 18.4 Å². The van der Waals surface area contributed by atoms with E-state index in [0.717, 1.165) is 6.42 Å². The highest BCUT2D eigenvalue weighted by Crippen LogP contribution is 2.17. The van der Waals surface area contributed by atoms with Crippen LogP contribution in [0.25, 0.3) is 0 Å². The van der Waals surface area contributed by atoms with Gasteiger partial charge in [-0.1, -0.05) is 13.0 Å². The largest absolute Gasteiger partial charge is 0.354 e. The van der Waals surface area contributed by atoms with Crippen molar-refractivity contribution in [3.8, 4) is 0 Å². The van der Waals surface area contributed by atoms with Crippen LogP contribution in [-0.4, -0.2) is 17.4 Å². The molecule has 0 unspecified atom stereocenters. The van der Waals surface area contributed by atoms with Crippen molar-refractivity contribution in [3.63, 3.8) is 0 Å². The summed E-state index contributed by atoms with van der Waals surface area (Å²) in [5, 5.41) is 5.80. The lowest BCUT2D eigenvalue weighted by molar-refractivity contribution is 0.0953. The SMILES string of the molecule is CCCNC(=O)c1cncc(Nc2cccc(F)c2)c1. The van der Waals surface area contributed by atoms with Crippen LogP contribution in [0.5, 0.6) is 0 Å². The quantitative estimate of drug-likeness (QED) is 0.880. The zero-order chi connectivity index (χ0) is 14.4. The summed E-state index contributed by atoms with van der Waals surface area (Å²) in [5.74, 6) is -0.484. The van der Waals surface area contributed by atoms with E-state index in [1.165, 1.54) is 18.3 Å². The molecule has 2 N–H and O–H groups in total. The van der Waals surface area contributed by atoms with E-state index in [4.69, 9.17) is 0 Å². The Morgan fingerprint density at radius 2 is 2.10 bits per heavy atom. The maximum absolute atomic E-state index is 13.1. The summed E-state index contributed by atoms with van der Waals surface area (Å²) >= 11 is 0. The first-order valence-electron chi connectivity index (χ1n) is 6.45. The minimum Gasteiger partial charge on any atom is -0.354 e. The molecule has 0 atom stereocenters. The molecule has 0 spiro atoms. The van der Waals surface area contributed by atoms with Crippen molar-refractivity contribution in [2.24, 2.45) is 0 Å². The first-order chi connectivity index (χ1) is 9.69. The first-order valence-corrected chi connectivity index (χ1v) is 6.45. The number of anilines is 2. The molecule has 0 saturated heterocycles. The number of hydrogen-bond acceptors (Lipinski definition) is 3. The second-order valence-electron chi connectivity index (χ2n) is 4.35. The second kappa shape index (κ2) is 6.65. The van der Waals surface area contributed by atoms with Crippen molar-refractivity contribution in [3.05, 3.63) is 54.1 Å². The zero-order valence-electron chi connectivity index (χ0n) is 11.2. The highest BCUT2D eigenvalue weighted by molar-refractivity contribution is 5.94. The Kier molecular flexibility index (Phi) is 4.65. The number of nitrogens with one attached hydrogen (secondary N) is 2. The van der Waals surface area contributed by atoms with Crippen LogP contribution in [0, 0.1) is 5.82 Å². The molecule has 5 heteroatoms. The van der Waals surface area contributed by atoms with Crippen molar-refractivity contribution in [1.82, 2.24) is 10.3 Å². The molecule has 0 fully saturated rings. The third-order valence-electron chi connectivity index (χ3n) is 2.65.